The summed E-state index contributed by atoms with van der Waals surface area (Å²) < 4.78 is 37.9. The van der Waals surface area contributed by atoms with Gasteiger partial charge in [0.2, 0.25) is 0 Å². The Morgan fingerprint density at radius 1 is 0.812 bits per heavy atom. The number of aliphatic hydroxyl groups excluding tert-OH is 4. The Hall–Kier alpha value is -4.37. The molecule has 0 amide bonds. The number of aromatic hydroxyl groups is 2. The lowest BCUT2D eigenvalue weighted by Gasteiger charge is -2.54. The lowest BCUT2D eigenvalue weighted by Crippen LogP contribution is -2.67. The summed E-state index contributed by atoms with van der Waals surface area (Å²) >= 11 is 0. The van der Waals surface area contributed by atoms with Crippen molar-refractivity contribution in [3.8, 4) is 22.6 Å². The number of aliphatic hydroxyl groups is 5. The van der Waals surface area contributed by atoms with E-state index in [1.807, 2.05) is 25.9 Å². The topological polar surface area (TPSA) is 255 Å². The molecule has 7 N–H and O–H groups in total. The van der Waals surface area contributed by atoms with Crippen LogP contribution in [-0.4, -0.2) is 145 Å². The standard InChI is InChI=1S/C47H55NO16/c1-19-13-32(52)47(58)38-25(11-12-46(47,18-19)64-34-15-28(48(5)6)43(22(4)61-34)62-33-17-30(51)40(54)21(3)60-33)41(55)37-36-27(14-26(42(37)56)31-16-29(50)39(53)20(2)59-31)35(45(57)63-44(36)38)23-7-9-24(49)10-8-23/h7-12,14,19-22,28-31,33-34,39-40,43,49-51,53-54,56,58H,13,15-18H2,1-6H3/t19-,20-,21-,22+,28+,29-,30-,31-,33-,34+,39-,40+,43-,46+,47+/m1/s1. The van der Waals surface area contributed by atoms with Crippen LogP contribution in [0.2, 0.25) is 0 Å². The van der Waals surface area contributed by atoms with Gasteiger partial charge in [0.15, 0.2) is 29.7 Å². The van der Waals surface area contributed by atoms with Gasteiger partial charge in [-0.1, -0.05) is 25.1 Å². The summed E-state index contributed by atoms with van der Waals surface area (Å²) in [7, 11) is 3.70. The maximum atomic E-state index is 15.1. The van der Waals surface area contributed by atoms with Gasteiger partial charge in [0, 0.05) is 59.2 Å². The second kappa shape index (κ2) is 16.2. The number of Topliss-reactive ketones (excluding diaryl/α,β-unsaturated/α-hetero) is 2. The quantitative estimate of drug-likeness (QED) is 0.180. The average molecular weight is 890 g/mol. The highest BCUT2D eigenvalue weighted by molar-refractivity contribution is 6.31. The van der Waals surface area contributed by atoms with Crippen molar-refractivity contribution in [2.24, 2.45) is 5.92 Å². The summed E-state index contributed by atoms with van der Waals surface area (Å²) in [4.78, 5) is 46.2. The van der Waals surface area contributed by atoms with E-state index in [0.717, 1.165) is 0 Å². The molecule has 4 fully saturated rings. The fraction of sp³-hybridized carbons (Fsp3) is 0.553. The van der Waals surface area contributed by atoms with E-state index in [4.69, 9.17) is 28.1 Å². The Balaban J connectivity index is 1.16. The minimum atomic E-state index is -2.63. The van der Waals surface area contributed by atoms with Crippen LogP contribution in [0.5, 0.6) is 11.5 Å². The Morgan fingerprint density at radius 2 is 1.47 bits per heavy atom. The zero-order chi connectivity index (χ0) is 45.9. The molecule has 17 heteroatoms. The smallest absolute Gasteiger partial charge is 0.344 e. The number of phenols is 2. The zero-order valence-electron chi connectivity index (χ0n) is 36.3. The lowest BCUT2D eigenvalue weighted by atomic mass is 9.58. The maximum Gasteiger partial charge on any atom is 0.344 e. The van der Waals surface area contributed by atoms with Crippen molar-refractivity contribution in [1.29, 1.82) is 0 Å². The van der Waals surface area contributed by atoms with Gasteiger partial charge in [-0.3, -0.25) is 9.59 Å². The van der Waals surface area contributed by atoms with Gasteiger partial charge in [-0.2, -0.15) is 0 Å². The molecule has 0 unspecified atom stereocenters. The molecule has 0 radical (unpaired) electrons. The van der Waals surface area contributed by atoms with E-state index < -0.39 is 102 Å². The van der Waals surface area contributed by atoms with Crippen LogP contribution in [0.4, 0.5) is 0 Å². The van der Waals surface area contributed by atoms with E-state index in [9.17, 15) is 45.3 Å². The Bertz CT molecular complexity index is 2470. The molecule has 9 rings (SSSR count). The summed E-state index contributed by atoms with van der Waals surface area (Å²) in [5.74, 6) is -2.77. The van der Waals surface area contributed by atoms with E-state index in [1.165, 1.54) is 42.5 Å². The molecule has 2 aromatic carbocycles. The van der Waals surface area contributed by atoms with E-state index in [1.54, 1.807) is 20.8 Å². The summed E-state index contributed by atoms with van der Waals surface area (Å²) in [5, 5.41) is 77.6. The van der Waals surface area contributed by atoms with Crippen LogP contribution >= 0.6 is 0 Å². The van der Waals surface area contributed by atoms with Gasteiger partial charge in [0.1, 0.15) is 41.2 Å². The van der Waals surface area contributed by atoms with Gasteiger partial charge >= 0.3 is 5.63 Å². The van der Waals surface area contributed by atoms with Gasteiger partial charge in [-0.15, -0.1) is 0 Å². The van der Waals surface area contributed by atoms with Crippen molar-refractivity contribution in [3.05, 3.63) is 75.4 Å². The second-order valence-electron chi connectivity index (χ2n) is 18.7. The van der Waals surface area contributed by atoms with Crippen LogP contribution in [0, 0.1) is 5.92 Å². The number of hydrogen-bond donors (Lipinski definition) is 7. The van der Waals surface area contributed by atoms with Crippen molar-refractivity contribution < 1.29 is 73.4 Å². The normalized spacial score (nSPS) is 38.7. The third-order valence-electron chi connectivity index (χ3n) is 14.1. The third-order valence-corrected chi connectivity index (χ3v) is 14.1. The van der Waals surface area contributed by atoms with Crippen LogP contribution in [0.3, 0.4) is 0 Å². The van der Waals surface area contributed by atoms with Gasteiger partial charge in [-0.25, -0.2) is 4.79 Å². The van der Waals surface area contributed by atoms with Crippen LogP contribution in [-0.2, 0) is 28.5 Å². The number of carbonyl (C=O) groups is 2. The first-order valence-corrected chi connectivity index (χ1v) is 21.8. The molecular formula is C47H55NO16. The van der Waals surface area contributed by atoms with Crippen molar-refractivity contribution in [2.75, 3.05) is 14.1 Å². The number of benzene rings is 2. The molecule has 15 atom stereocenters. The number of hydrogen-bond acceptors (Lipinski definition) is 17. The van der Waals surface area contributed by atoms with Gasteiger partial charge in [0.25, 0.3) is 0 Å². The first-order chi connectivity index (χ1) is 30.2. The molecule has 1 aromatic heterocycles. The number of carbonyl (C=O) groups excluding carboxylic acids is 2. The predicted octanol–water partition coefficient (Wildman–Crippen LogP) is 2.76. The van der Waals surface area contributed by atoms with Gasteiger partial charge in [0.05, 0.1) is 47.8 Å². The largest absolute Gasteiger partial charge is 0.508 e. The number of nitrogens with zero attached hydrogens (tertiary/aromatic N) is 1. The molecular weight excluding hydrogens is 835 g/mol. The number of likely N-dealkylation sites (N-methyl/N-ethyl adjacent to an activating group) is 1. The third kappa shape index (κ3) is 6.99. The number of ketones is 2. The highest BCUT2D eigenvalue weighted by Crippen LogP contribution is 2.57. The Morgan fingerprint density at radius 3 is 2.12 bits per heavy atom. The second-order valence-corrected chi connectivity index (χ2v) is 18.7. The van der Waals surface area contributed by atoms with Crippen molar-refractivity contribution >= 4 is 27.9 Å². The maximum absolute atomic E-state index is 15.1. The Labute approximate surface area is 368 Å². The van der Waals surface area contributed by atoms with Crippen molar-refractivity contribution in [1.82, 2.24) is 4.90 Å². The average Bonchev–Trinajstić information content (AvgIpc) is 3.22. The monoisotopic (exact) mass is 889 g/mol. The van der Waals surface area contributed by atoms with Crippen LogP contribution in [0.25, 0.3) is 27.5 Å². The summed E-state index contributed by atoms with van der Waals surface area (Å²) in [6, 6.07) is 6.75. The number of ether oxygens (including phenoxy) is 5. The van der Waals surface area contributed by atoms with Crippen LogP contribution in [0.15, 0.2) is 57.3 Å². The Kier molecular flexibility index (Phi) is 11.3. The molecule has 344 valence electrons. The molecule has 3 aliphatic heterocycles. The molecule has 3 aliphatic carbocycles. The molecule has 64 heavy (non-hydrogen) atoms. The molecule has 0 spiro atoms. The lowest BCUT2D eigenvalue weighted by molar-refractivity contribution is -0.321. The molecule has 17 nitrogen and oxygen atoms in total. The first kappa shape index (κ1) is 44.8. The minimum absolute atomic E-state index is 0.0360. The fourth-order valence-electron chi connectivity index (χ4n) is 10.8. The molecule has 1 saturated carbocycles. The predicted molar refractivity (Wildman–Crippen MR) is 226 cm³/mol. The van der Waals surface area contributed by atoms with E-state index in [-0.39, 0.29) is 99.7 Å². The number of fused-ring (bicyclic) bond motifs is 3. The van der Waals surface area contributed by atoms with Crippen LogP contribution in [0.1, 0.15) is 87.6 Å². The van der Waals surface area contributed by atoms with Crippen molar-refractivity contribution in [3.63, 3.8) is 0 Å². The summed E-state index contributed by atoms with van der Waals surface area (Å²) in [6.45, 7) is 6.82. The summed E-state index contributed by atoms with van der Waals surface area (Å²) in [5.41, 5.74) is -5.95. The van der Waals surface area contributed by atoms with E-state index >= 15 is 4.79 Å². The highest BCUT2D eigenvalue weighted by atomic mass is 16.7. The zero-order valence-corrected chi connectivity index (χ0v) is 36.3. The number of rotatable bonds is 7. The van der Waals surface area contributed by atoms with Gasteiger partial charge < -0.3 is 68.7 Å². The van der Waals surface area contributed by atoms with E-state index in [2.05, 4.69) is 0 Å². The minimum Gasteiger partial charge on any atom is -0.508 e. The summed E-state index contributed by atoms with van der Waals surface area (Å²) in [6.07, 6.45) is -7.48. The number of phenolic OH excluding ortho intramolecular Hbond substituents is 2. The molecule has 3 aromatic rings. The van der Waals surface area contributed by atoms with Crippen molar-refractivity contribution in [2.45, 2.75) is 145 Å². The van der Waals surface area contributed by atoms with Gasteiger partial charge in [-0.05, 0) is 77.0 Å². The molecule has 6 aliphatic rings. The molecule has 0 bridgehead atoms. The molecule has 3 saturated heterocycles. The van der Waals surface area contributed by atoms with E-state index in [0.29, 0.717) is 0 Å². The first-order valence-electron chi connectivity index (χ1n) is 21.8. The SMILES string of the molecule is C[C@@H]1CC(=O)[C@]2(O)C3=C(C=C[C@]2(O[C@H]2C[C@H](N(C)C)[C@H](O[C@@H]4C[C@@H](O)[C@@H](O)[C@@H](C)O4)[C@H](C)O2)C1)C(=O)c1c(O)c([C@H]2C[C@@H](O)[C@H](O)[C@@H](C)O2)cc2c(-c4ccc(O)cc4)c(=O)oc3c12. The number of allylic oxidation sites excluding steroid dienone is 2. The van der Waals surface area contributed by atoms with Crippen LogP contribution < -0.4 is 5.63 Å². The molecule has 4 heterocycles. The highest BCUT2D eigenvalue weighted by Gasteiger charge is 2.66. The fourth-order valence-corrected chi connectivity index (χ4v) is 10.8.